The Balaban J connectivity index is 2.11. The number of ether oxygens (including phenoxy) is 1. The Morgan fingerprint density at radius 3 is 2.61 bits per heavy atom. The Labute approximate surface area is 167 Å². The zero-order chi connectivity index (χ0) is 20.7. The molecule has 1 atom stereocenters. The van der Waals surface area contributed by atoms with Gasteiger partial charge in [-0.05, 0) is 24.6 Å². The van der Waals surface area contributed by atoms with Gasteiger partial charge in [0, 0.05) is 37.9 Å². The van der Waals surface area contributed by atoms with Gasteiger partial charge in [0.25, 0.3) is 5.92 Å². The van der Waals surface area contributed by atoms with Gasteiger partial charge in [-0.25, -0.2) is 18.0 Å². The largest absolute Gasteiger partial charge is 0.478 e. The number of nitrogens with zero attached hydrogens (tertiary/aromatic N) is 1. The highest BCUT2D eigenvalue weighted by Gasteiger charge is 2.32. The average molecular weight is 415 g/mol. The van der Waals surface area contributed by atoms with E-state index in [4.69, 9.17) is 4.74 Å². The summed E-state index contributed by atoms with van der Waals surface area (Å²) in [6.07, 6.45) is 3.42. The summed E-state index contributed by atoms with van der Waals surface area (Å²) in [6.45, 7) is 2.93. The van der Waals surface area contributed by atoms with Crippen molar-refractivity contribution in [3.05, 3.63) is 58.4 Å². The van der Waals surface area contributed by atoms with Crippen LogP contribution < -0.4 is 0 Å². The highest BCUT2D eigenvalue weighted by molar-refractivity contribution is 8.03. The number of aliphatic carboxylic acids is 1. The van der Waals surface area contributed by atoms with E-state index in [1.807, 2.05) is 11.8 Å². The van der Waals surface area contributed by atoms with Crippen LogP contribution in [0.4, 0.5) is 13.2 Å². The summed E-state index contributed by atoms with van der Waals surface area (Å²) in [7, 11) is 1.59. The molecule has 1 unspecified atom stereocenters. The first-order valence-electron chi connectivity index (χ1n) is 8.97. The Kier molecular flexibility index (Phi) is 8.00. The molecule has 0 aliphatic carbocycles. The van der Waals surface area contributed by atoms with Crippen molar-refractivity contribution in [3.8, 4) is 0 Å². The van der Waals surface area contributed by atoms with Gasteiger partial charge in [-0.2, -0.15) is 0 Å². The Bertz CT molecular complexity index is 731. The first-order valence-corrected chi connectivity index (χ1v) is 9.95. The van der Waals surface area contributed by atoms with Crippen molar-refractivity contribution in [2.75, 3.05) is 26.0 Å². The molecule has 0 saturated heterocycles. The number of benzene rings is 1. The molecule has 8 heteroatoms. The second-order valence-corrected chi connectivity index (χ2v) is 7.49. The highest BCUT2D eigenvalue weighted by atomic mass is 32.2. The molecule has 1 heterocycles. The molecule has 1 aliphatic rings. The number of hydrogen-bond donors (Lipinski definition) is 1. The topological polar surface area (TPSA) is 49.8 Å². The minimum absolute atomic E-state index is 0.0185. The Morgan fingerprint density at radius 1 is 1.36 bits per heavy atom. The highest BCUT2D eigenvalue weighted by Crippen LogP contribution is 2.36. The van der Waals surface area contributed by atoms with Crippen LogP contribution in [0.15, 0.2) is 47.0 Å². The molecule has 0 amide bonds. The van der Waals surface area contributed by atoms with Gasteiger partial charge < -0.3 is 14.7 Å². The van der Waals surface area contributed by atoms with E-state index in [2.05, 4.69) is 0 Å². The lowest BCUT2D eigenvalue weighted by Gasteiger charge is -2.32. The molecule has 1 aromatic rings. The standard InChI is InChI=1S/C20H24F3NO3S/c1-3-16(27-2)13-24-11-4-5-17(19(25)26)18(24)28-12-10-20(22,23)14-6-8-15(21)9-7-14/h4-9,16H,3,10-13H2,1-2H3,(H,25,26). The molecular weight excluding hydrogens is 391 g/mol. The fourth-order valence-electron chi connectivity index (χ4n) is 2.84. The summed E-state index contributed by atoms with van der Waals surface area (Å²) < 4.78 is 47.1. The Morgan fingerprint density at radius 2 is 2.04 bits per heavy atom. The number of carboxylic acid groups (broad SMARTS) is 1. The lowest BCUT2D eigenvalue weighted by atomic mass is 10.1. The fourth-order valence-corrected chi connectivity index (χ4v) is 4.04. The third kappa shape index (κ3) is 5.78. The Hall–Kier alpha value is -1.93. The number of alkyl halides is 2. The number of halogens is 3. The summed E-state index contributed by atoms with van der Waals surface area (Å²) in [6, 6.07) is 4.15. The van der Waals surface area contributed by atoms with Gasteiger partial charge >= 0.3 is 5.97 Å². The molecule has 0 fully saturated rings. The van der Waals surface area contributed by atoms with E-state index < -0.39 is 24.1 Å². The first-order chi connectivity index (χ1) is 13.3. The van der Waals surface area contributed by atoms with Gasteiger partial charge in [-0.15, -0.1) is 11.8 Å². The summed E-state index contributed by atoms with van der Waals surface area (Å²) in [5.41, 5.74) is -0.167. The van der Waals surface area contributed by atoms with Crippen molar-refractivity contribution < 1.29 is 27.8 Å². The molecule has 28 heavy (non-hydrogen) atoms. The lowest BCUT2D eigenvalue weighted by molar-refractivity contribution is -0.132. The third-order valence-corrected chi connectivity index (χ3v) is 5.65. The van der Waals surface area contributed by atoms with E-state index >= 15 is 0 Å². The summed E-state index contributed by atoms with van der Waals surface area (Å²) in [5, 5.41) is 9.93. The average Bonchev–Trinajstić information content (AvgIpc) is 2.66. The van der Waals surface area contributed by atoms with Crippen LogP contribution in [0.25, 0.3) is 0 Å². The van der Waals surface area contributed by atoms with Gasteiger partial charge in [0.1, 0.15) is 5.82 Å². The van der Waals surface area contributed by atoms with Crippen LogP contribution in [-0.2, 0) is 15.5 Å². The van der Waals surface area contributed by atoms with Crippen LogP contribution >= 0.6 is 11.8 Å². The molecule has 0 bridgehead atoms. The first kappa shape index (κ1) is 22.4. The van der Waals surface area contributed by atoms with E-state index in [1.54, 1.807) is 13.2 Å². The molecule has 0 spiro atoms. The molecule has 2 rings (SSSR count). The molecule has 1 N–H and O–H groups in total. The van der Waals surface area contributed by atoms with Crippen molar-refractivity contribution in [1.82, 2.24) is 4.90 Å². The molecule has 154 valence electrons. The summed E-state index contributed by atoms with van der Waals surface area (Å²) in [5.74, 6) is -4.78. The lowest BCUT2D eigenvalue weighted by Crippen LogP contribution is -2.35. The number of thioether (sulfide) groups is 1. The van der Waals surface area contributed by atoms with Gasteiger partial charge in [-0.1, -0.05) is 25.1 Å². The second-order valence-electron chi connectivity index (χ2n) is 6.41. The van der Waals surface area contributed by atoms with Gasteiger partial charge in [-0.3, -0.25) is 0 Å². The zero-order valence-electron chi connectivity index (χ0n) is 15.8. The second kappa shape index (κ2) is 10.0. The molecule has 0 aromatic heterocycles. The van der Waals surface area contributed by atoms with E-state index in [0.29, 0.717) is 18.1 Å². The molecule has 4 nitrogen and oxygen atoms in total. The van der Waals surface area contributed by atoms with E-state index in [9.17, 15) is 23.1 Å². The minimum atomic E-state index is -3.13. The number of hydrogen-bond acceptors (Lipinski definition) is 4. The van der Waals surface area contributed by atoms with Crippen LogP contribution in [0, 0.1) is 5.82 Å². The maximum atomic E-state index is 14.4. The molecular formula is C20H24F3NO3S. The van der Waals surface area contributed by atoms with Gasteiger partial charge in [0.15, 0.2) is 0 Å². The number of carbonyl (C=O) groups is 1. The summed E-state index contributed by atoms with van der Waals surface area (Å²) in [4.78, 5) is 13.4. The van der Waals surface area contributed by atoms with Crippen LogP contribution in [0.2, 0.25) is 0 Å². The smallest absolute Gasteiger partial charge is 0.338 e. The third-order valence-electron chi connectivity index (χ3n) is 4.49. The predicted molar refractivity (Wildman–Crippen MR) is 104 cm³/mol. The normalized spacial score (nSPS) is 15.8. The number of rotatable bonds is 10. The van der Waals surface area contributed by atoms with Crippen LogP contribution in [0.3, 0.4) is 0 Å². The maximum absolute atomic E-state index is 14.4. The van der Waals surface area contributed by atoms with E-state index in [1.165, 1.54) is 6.08 Å². The van der Waals surface area contributed by atoms with Gasteiger partial charge in [0.2, 0.25) is 0 Å². The van der Waals surface area contributed by atoms with Crippen molar-refractivity contribution in [3.63, 3.8) is 0 Å². The number of carboxylic acids is 1. The predicted octanol–water partition coefficient (Wildman–Crippen LogP) is 4.63. The quantitative estimate of drug-likeness (QED) is 0.604. The molecule has 1 aromatic carbocycles. The van der Waals surface area contributed by atoms with Crippen molar-refractivity contribution in [2.24, 2.45) is 0 Å². The summed E-state index contributed by atoms with van der Waals surface area (Å²) >= 11 is 1.09. The van der Waals surface area contributed by atoms with Gasteiger partial charge in [0.05, 0.1) is 16.7 Å². The fraction of sp³-hybridized carbons (Fsp3) is 0.450. The molecule has 0 radical (unpaired) electrons. The zero-order valence-corrected chi connectivity index (χ0v) is 16.6. The molecule has 0 saturated carbocycles. The van der Waals surface area contributed by atoms with Crippen molar-refractivity contribution >= 4 is 17.7 Å². The molecule has 1 aliphatic heterocycles. The van der Waals surface area contributed by atoms with E-state index in [-0.39, 0.29) is 23.0 Å². The number of methoxy groups -OCH3 is 1. The van der Waals surface area contributed by atoms with Crippen LogP contribution in [0.5, 0.6) is 0 Å². The SMILES string of the molecule is CCC(CN1CC=CC(C(=O)O)=C1SCCC(F)(F)c1ccc(F)cc1)OC. The van der Waals surface area contributed by atoms with Crippen LogP contribution in [-0.4, -0.2) is 48.0 Å². The van der Waals surface area contributed by atoms with Crippen LogP contribution in [0.1, 0.15) is 25.3 Å². The van der Waals surface area contributed by atoms with Crippen molar-refractivity contribution in [2.45, 2.75) is 31.8 Å². The minimum Gasteiger partial charge on any atom is -0.478 e. The van der Waals surface area contributed by atoms with E-state index in [0.717, 1.165) is 42.4 Å². The van der Waals surface area contributed by atoms with Crippen molar-refractivity contribution in [1.29, 1.82) is 0 Å². The maximum Gasteiger partial charge on any atom is 0.338 e. The monoisotopic (exact) mass is 415 g/mol.